The summed E-state index contributed by atoms with van der Waals surface area (Å²) >= 11 is 11.5. The van der Waals surface area contributed by atoms with Crippen molar-refractivity contribution in [3.8, 4) is 0 Å². The zero-order chi connectivity index (χ0) is 19.6. The normalized spacial score (nSPS) is 18.3. The van der Waals surface area contributed by atoms with Crippen LogP contribution in [0.15, 0.2) is 54.6 Å². The molecule has 0 unspecified atom stereocenters. The first-order valence-corrected chi connectivity index (χ1v) is 9.79. The zero-order valence-electron chi connectivity index (χ0n) is 15.4. The van der Waals surface area contributed by atoms with Crippen molar-refractivity contribution in [2.24, 2.45) is 5.92 Å². The summed E-state index contributed by atoms with van der Waals surface area (Å²) in [6.45, 7) is 4.82. The van der Waals surface area contributed by atoms with Gasteiger partial charge < -0.3 is 10.0 Å². The van der Waals surface area contributed by atoms with Crippen LogP contribution in [-0.2, 0) is 4.79 Å². The highest BCUT2D eigenvalue weighted by molar-refractivity contribution is 7.80. The molecule has 6 heteroatoms. The summed E-state index contributed by atoms with van der Waals surface area (Å²) < 4.78 is 0. The largest absolute Gasteiger partial charge is 0.388 e. The number of carbonyl (C=O) groups is 1. The zero-order valence-corrected chi connectivity index (χ0v) is 17.0. The molecule has 0 saturated carbocycles. The van der Waals surface area contributed by atoms with E-state index in [9.17, 15) is 9.90 Å². The molecule has 1 amide bonds. The van der Waals surface area contributed by atoms with Crippen LogP contribution in [0, 0.1) is 5.92 Å². The Labute approximate surface area is 170 Å². The number of rotatable bonds is 5. The van der Waals surface area contributed by atoms with Crippen molar-refractivity contribution in [2.45, 2.75) is 32.4 Å². The molecule has 1 N–H and O–H groups in total. The average molecular weight is 403 g/mol. The molecule has 1 heterocycles. The molecule has 0 bridgehead atoms. The van der Waals surface area contributed by atoms with E-state index in [1.165, 1.54) is 0 Å². The van der Waals surface area contributed by atoms with Gasteiger partial charge in [-0.1, -0.05) is 55.8 Å². The Morgan fingerprint density at radius 2 is 1.81 bits per heavy atom. The van der Waals surface area contributed by atoms with Gasteiger partial charge in [-0.2, -0.15) is 0 Å². The summed E-state index contributed by atoms with van der Waals surface area (Å²) in [5.41, 5.74) is 1.64. The number of thiocarbonyl (C=S) groups is 1. The Kier molecular flexibility index (Phi) is 6.15. The van der Waals surface area contributed by atoms with Crippen LogP contribution in [0.3, 0.4) is 0 Å². The van der Waals surface area contributed by atoms with Gasteiger partial charge in [-0.3, -0.25) is 9.69 Å². The van der Waals surface area contributed by atoms with E-state index in [1.807, 2.05) is 35.2 Å². The minimum atomic E-state index is -0.892. The number of hydrogen-bond donors (Lipinski definition) is 1. The van der Waals surface area contributed by atoms with Gasteiger partial charge in [0, 0.05) is 17.3 Å². The van der Waals surface area contributed by atoms with Gasteiger partial charge in [0.25, 0.3) is 0 Å². The highest BCUT2D eigenvalue weighted by Crippen LogP contribution is 2.30. The van der Waals surface area contributed by atoms with Gasteiger partial charge in [0.05, 0.1) is 18.6 Å². The van der Waals surface area contributed by atoms with Crippen LogP contribution < -0.4 is 4.90 Å². The number of para-hydroxylation sites is 1. The average Bonchev–Trinajstić information content (AvgIpc) is 3.00. The molecule has 2 atom stereocenters. The van der Waals surface area contributed by atoms with Crippen molar-refractivity contribution in [1.82, 2.24) is 4.90 Å². The smallest absolute Gasteiger partial charge is 0.232 e. The molecular weight excluding hydrogens is 380 g/mol. The number of benzene rings is 2. The Hall–Kier alpha value is -1.95. The molecule has 3 rings (SSSR count). The summed E-state index contributed by atoms with van der Waals surface area (Å²) in [7, 11) is 0. The highest BCUT2D eigenvalue weighted by Gasteiger charge is 2.40. The maximum Gasteiger partial charge on any atom is 0.232 e. The standard InChI is InChI=1S/C21H23ClN2O2S/c1-14(2)18-13-23(17-6-4-3-5-7-17)21(27)24(18)20(26)12-19(25)15-8-10-16(22)11-9-15/h3-11,14,18-19,25H,12-13H2,1-2H3/t18-,19-/m1/s1. The first kappa shape index (κ1) is 19.8. The van der Waals surface area contributed by atoms with E-state index in [1.54, 1.807) is 29.2 Å². The second-order valence-corrected chi connectivity index (χ2v) is 7.88. The fraction of sp³-hybridized carbons (Fsp3) is 0.333. The Morgan fingerprint density at radius 1 is 1.19 bits per heavy atom. The maximum atomic E-state index is 13.0. The van der Waals surface area contributed by atoms with E-state index in [0.717, 1.165) is 5.69 Å². The number of carbonyl (C=O) groups excluding carboxylic acids is 1. The Balaban J connectivity index is 1.79. The molecule has 0 aromatic heterocycles. The predicted molar refractivity (Wildman–Crippen MR) is 113 cm³/mol. The lowest BCUT2D eigenvalue weighted by molar-refractivity contribution is -0.131. The number of hydrogen-bond acceptors (Lipinski definition) is 3. The highest BCUT2D eigenvalue weighted by atomic mass is 35.5. The van der Waals surface area contributed by atoms with Crippen LogP contribution in [0.4, 0.5) is 5.69 Å². The Bertz CT molecular complexity index is 811. The number of nitrogens with zero attached hydrogens (tertiary/aromatic N) is 2. The van der Waals surface area contributed by atoms with E-state index in [2.05, 4.69) is 13.8 Å². The van der Waals surface area contributed by atoms with Crippen molar-refractivity contribution in [3.63, 3.8) is 0 Å². The molecular formula is C21H23ClN2O2S. The van der Waals surface area contributed by atoms with Gasteiger partial charge in [0.15, 0.2) is 5.11 Å². The lowest BCUT2D eigenvalue weighted by atomic mass is 10.0. The van der Waals surface area contributed by atoms with Crippen molar-refractivity contribution < 1.29 is 9.90 Å². The second kappa shape index (κ2) is 8.38. The lowest BCUT2D eigenvalue weighted by Crippen LogP contribution is -2.42. The van der Waals surface area contributed by atoms with E-state index in [4.69, 9.17) is 23.8 Å². The molecule has 0 aliphatic carbocycles. The minimum absolute atomic E-state index is 0.0202. The van der Waals surface area contributed by atoms with Gasteiger partial charge in [0.1, 0.15) is 0 Å². The molecule has 1 aliphatic rings. The molecule has 2 aromatic carbocycles. The third-order valence-electron chi connectivity index (χ3n) is 4.87. The summed E-state index contributed by atoms with van der Waals surface area (Å²) in [5.74, 6) is 0.0767. The lowest BCUT2D eigenvalue weighted by Gasteiger charge is -2.27. The summed E-state index contributed by atoms with van der Waals surface area (Å²) in [4.78, 5) is 16.7. The molecule has 142 valence electrons. The molecule has 0 spiro atoms. The van der Waals surface area contributed by atoms with Gasteiger partial charge in [0.2, 0.25) is 5.91 Å². The quantitative estimate of drug-likeness (QED) is 0.752. The molecule has 4 nitrogen and oxygen atoms in total. The Morgan fingerprint density at radius 3 is 2.41 bits per heavy atom. The molecule has 1 fully saturated rings. The van der Waals surface area contributed by atoms with Crippen LogP contribution in [0.1, 0.15) is 31.9 Å². The second-order valence-electron chi connectivity index (χ2n) is 7.08. The third kappa shape index (κ3) is 4.32. The first-order chi connectivity index (χ1) is 12.9. The number of aliphatic hydroxyl groups is 1. The maximum absolute atomic E-state index is 13.0. The van der Waals surface area contributed by atoms with Gasteiger partial charge in [-0.05, 0) is 48.0 Å². The summed E-state index contributed by atoms with van der Waals surface area (Å²) in [6.07, 6.45) is -0.913. The SMILES string of the molecule is CC(C)[C@H]1CN(c2ccccc2)C(=S)N1C(=O)C[C@@H](O)c1ccc(Cl)cc1. The van der Waals surface area contributed by atoms with Crippen molar-refractivity contribution in [3.05, 3.63) is 65.2 Å². The van der Waals surface area contributed by atoms with Gasteiger partial charge in [-0.25, -0.2) is 0 Å². The number of aliphatic hydroxyl groups excluding tert-OH is 1. The molecule has 1 aliphatic heterocycles. The van der Waals surface area contributed by atoms with E-state index < -0.39 is 6.10 Å². The fourth-order valence-electron chi connectivity index (χ4n) is 3.31. The van der Waals surface area contributed by atoms with E-state index in [-0.39, 0.29) is 24.3 Å². The van der Waals surface area contributed by atoms with Crippen LogP contribution in [0.25, 0.3) is 0 Å². The van der Waals surface area contributed by atoms with E-state index in [0.29, 0.717) is 22.2 Å². The number of halogens is 1. The molecule has 1 saturated heterocycles. The first-order valence-electron chi connectivity index (χ1n) is 9.00. The van der Waals surface area contributed by atoms with Gasteiger partial charge >= 0.3 is 0 Å². The summed E-state index contributed by atoms with van der Waals surface area (Å²) in [6, 6.07) is 16.7. The molecule has 0 radical (unpaired) electrons. The van der Waals surface area contributed by atoms with Crippen LogP contribution in [0.2, 0.25) is 5.02 Å². The summed E-state index contributed by atoms with van der Waals surface area (Å²) in [5, 5.41) is 11.6. The van der Waals surface area contributed by atoms with Crippen LogP contribution in [0.5, 0.6) is 0 Å². The van der Waals surface area contributed by atoms with E-state index >= 15 is 0 Å². The molecule has 2 aromatic rings. The number of amides is 1. The topological polar surface area (TPSA) is 43.8 Å². The third-order valence-corrected chi connectivity index (χ3v) is 5.54. The predicted octanol–water partition coefficient (Wildman–Crippen LogP) is 4.42. The van der Waals surface area contributed by atoms with Crippen molar-refractivity contribution in [2.75, 3.05) is 11.4 Å². The molecule has 27 heavy (non-hydrogen) atoms. The van der Waals surface area contributed by atoms with Crippen molar-refractivity contribution >= 4 is 40.5 Å². The van der Waals surface area contributed by atoms with Gasteiger partial charge in [-0.15, -0.1) is 0 Å². The van der Waals surface area contributed by atoms with Crippen LogP contribution in [-0.4, -0.2) is 33.6 Å². The van der Waals surface area contributed by atoms with Crippen molar-refractivity contribution in [1.29, 1.82) is 0 Å². The fourth-order valence-corrected chi connectivity index (χ4v) is 3.85. The number of anilines is 1. The van der Waals surface area contributed by atoms with Crippen LogP contribution >= 0.6 is 23.8 Å². The monoisotopic (exact) mass is 402 g/mol. The minimum Gasteiger partial charge on any atom is -0.388 e.